The minimum atomic E-state index is -0.814. The minimum absolute atomic E-state index is 0.0185. The molecule has 0 aliphatic rings. The molecule has 1 N–H and O–H groups in total. The second-order valence-corrected chi connectivity index (χ2v) is 6.17. The average Bonchev–Trinajstić information content (AvgIpc) is 2.61. The molecule has 0 radical (unpaired) electrons. The fraction of sp³-hybridized carbons (Fsp3) is 0.529. The summed E-state index contributed by atoms with van der Waals surface area (Å²) < 4.78 is 6.16. The number of rotatable bonds is 8. The first kappa shape index (κ1) is 20.3. The highest BCUT2D eigenvalue weighted by molar-refractivity contribution is 6.31. The monoisotopic (exact) mass is 382 g/mol. The number of esters is 1. The molecule has 0 aliphatic heterocycles. The van der Waals surface area contributed by atoms with Crippen LogP contribution in [0.25, 0.3) is 11.2 Å². The molecule has 2 aromatic heterocycles. The predicted octanol–water partition coefficient (Wildman–Crippen LogP) is 1.32. The summed E-state index contributed by atoms with van der Waals surface area (Å²) in [4.78, 5) is 35.1. The Morgan fingerprint density at radius 1 is 1.38 bits per heavy atom. The van der Waals surface area contributed by atoms with Gasteiger partial charge in [0.2, 0.25) is 5.69 Å². The molecule has 1 unspecified atom stereocenters. The second-order valence-electron chi connectivity index (χ2n) is 5.73. The van der Waals surface area contributed by atoms with Crippen LogP contribution in [0.15, 0.2) is 17.1 Å². The zero-order chi connectivity index (χ0) is 19.3. The van der Waals surface area contributed by atoms with E-state index in [9.17, 15) is 14.7 Å². The van der Waals surface area contributed by atoms with E-state index in [1.54, 1.807) is 6.92 Å². The number of pyridine rings is 1. The van der Waals surface area contributed by atoms with Crippen molar-refractivity contribution < 1.29 is 14.6 Å². The largest absolute Gasteiger partial charge is 0.461 e. The number of ether oxygens (including phenoxy) is 1. The quantitative estimate of drug-likeness (QED) is 0.687. The molecule has 26 heavy (non-hydrogen) atoms. The maximum atomic E-state index is 12.7. The summed E-state index contributed by atoms with van der Waals surface area (Å²) in [5.41, 5.74) is -0.455. The first-order valence-corrected chi connectivity index (χ1v) is 8.92. The number of nitrogens with zero attached hydrogens (tertiary/aromatic N) is 4. The van der Waals surface area contributed by atoms with E-state index in [0.29, 0.717) is 11.6 Å². The van der Waals surface area contributed by atoms with Crippen LogP contribution in [-0.4, -0.2) is 62.9 Å². The molecule has 0 bridgehead atoms. The van der Waals surface area contributed by atoms with Gasteiger partial charge in [0.15, 0.2) is 5.65 Å². The summed E-state index contributed by atoms with van der Waals surface area (Å²) in [6.45, 7) is 7.68. The Morgan fingerprint density at radius 2 is 2.08 bits per heavy atom. The van der Waals surface area contributed by atoms with Crippen LogP contribution in [0.2, 0.25) is 5.02 Å². The fourth-order valence-electron chi connectivity index (χ4n) is 2.65. The molecule has 142 valence electrons. The van der Waals surface area contributed by atoms with Gasteiger partial charge in [-0.25, -0.2) is 14.8 Å². The first-order chi connectivity index (χ1) is 12.4. The van der Waals surface area contributed by atoms with Crippen molar-refractivity contribution in [3.8, 4) is 0 Å². The normalized spacial score (nSPS) is 12.5. The molecule has 8 nitrogen and oxygen atoms in total. The van der Waals surface area contributed by atoms with Gasteiger partial charge in [0.25, 0.3) is 5.56 Å². The van der Waals surface area contributed by atoms with E-state index in [1.807, 2.05) is 18.7 Å². The molecule has 0 spiro atoms. The van der Waals surface area contributed by atoms with Gasteiger partial charge in [-0.05, 0) is 26.1 Å². The molecular formula is C17H23ClN4O4. The smallest absolute Gasteiger partial charge is 0.362 e. The standard InChI is InChI=1S/C17H23ClN4O4/c1-4-21(5-2)9-12(23)10-22-15-13(7-11(18)8-19-15)20-14(16(22)24)17(25)26-6-3/h7-8,12,23H,4-6,9-10H2,1-3H3. The van der Waals surface area contributed by atoms with E-state index in [1.165, 1.54) is 16.8 Å². The Balaban J connectivity index is 2.50. The van der Waals surface area contributed by atoms with Crippen LogP contribution in [0.4, 0.5) is 0 Å². The van der Waals surface area contributed by atoms with Crippen LogP contribution in [-0.2, 0) is 11.3 Å². The summed E-state index contributed by atoms with van der Waals surface area (Å²) >= 11 is 5.95. The Kier molecular flexibility index (Phi) is 7.07. The van der Waals surface area contributed by atoms with Crippen molar-refractivity contribution in [3.63, 3.8) is 0 Å². The Morgan fingerprint density at radius 3 is 2.69 bits per heavy atom. The third kappa shape index (κ3) is 4.57. The van der Waals surface area contributed by atoms with Crippen molar-refractivity contribution in [2.24, 2.45) is 0 Å². The van der Waals surface area contributed by atoms with Crippen molar-refractivity contribution in [1.29, 1.82) is 0 Å². The molecule has 0 aromatic carbocycles. The van der Waals surface area contributed by atoms with E-state index in [4.69, 9.17) is 16.3 Å². The SMILES string of the molecule is CCOC(=O)c1nc2cc(Cl)cnc2n(CC(O)CN(CC)CC)c1=O. The van der Waals surface area contributed by atoms with Crippen LogP contribution < -0.4 is 5.56 Å². The highest BCUT2D eigenvalue weighted by Crippen LogP contribution is 2.15. The number of aliphatic hydroxyl groups is 1. The zero-order valence-corrected chi connectivity index (χ0v) is 15.9. The molecule has 0 amide bonds. The number of hydrogen-bond acceptors (Lipinski definition) is 7. The zero-order valence-electron chi connectivity index (χ0n) is 15.1. The maximum Gasteiger partial charge on any atom is 0.362 e. The summed E-state index contributed by atoms with van der Waals surface area (Å²) in [6.07, 6.45) is 0.577. The van der Waals surface area contributed by atoms with Gasteiger partial charge < -0.3 is 14.7 Å². The molecule has 0 fully saturated rings. The van der Waals surface area contributed by atoms with Gasteiger partial charge in [-0.15, -0.1) is 0 Å². The van der Waals surface area contributed by atoms with Gasteiger partial charge >= 0.3 is 5.97 Å². The van der Waals surface area contributed by atoms with E-state index in [-0.39, 0.29) is 30.0 Å². The molecular weight excluding hydrogens is 360 g/mol. The van der Waals surface area contributed by atoms with Crippen molar-refractivity contribution in [1.82, 2.24) is 19.4 Å². The highest BCUT2D eigenvalue weighted by Gasteiger charge is 2.21. The summed E-state index contributed by atoms with van der Waals surface area (Å²) in [5, 5.41) is 10.7. The van der Waals surface area contributed by atoms with Gasteiger partial charge in [-0.2, -0.15) is 0 Å². The van der Waals surface area contributed by atoms with Crippen LogP contribution >= 0.6 is 11.6 Å². The van der Waals surface area contributed by atoms with Crippen LogP contribution in [0.1, 0.15) is 31.3 Å². The second kappa shape index (κ2) is 9.07. The first-order valence-electron chi connectivity index (χ1n) is 8.54. The number of aliphatic hydroxyl groups excluding tert-OH is 1. The topological polar surface area (TPSA) is 97.5 Å². The van der Waals surface area contributed by atoms with E-state index in [2.05, 4.69) is 9.97 Å². The van der Waals surface area contributed by atoms with E-state index in [0.717, 1.165) is 13.1 Å². The lowest BCUT2D eigenvalue weighted by atomic mass is 10.3. The van der Waals surface area contributed by atoms with Crippen LogP contribution in [0.5, 0.6) is 0 Å². The fourth-order valence-corrected chi connectivity index (χ4v) is 2.81. The maximum absolute atomic E-state index is 12.7. The third-order valence-corrected chi connectivity index (χ3v) is 4.18. The molecule has 2 aromatic rings. The lowest BCUT2D eigenvalue weighted by Gasteiger charge is -2.22. The van der Waals surface area contributed by atoms with E-state index >= 15 is 0 Å². The number of carbonyl (C=O) groups is 1. The number of carbonyl (C=O) groups excluding carboxylic acids is 1. The Hall–Kier alpha value is -2.03. The van der Waals surface area contributed by atoms with Gasteiger partial charge in [-0.1, -0.05) is 25.4 Å². The molecule has 9 heteroatoms. The molecule has 2 heterocycles. The van der Waals surface area contributed by atoms with E-state index < -0.39 is 17.6 Å². The number of fused-ring (bicyclic) bond motifs is 1. The van der Waals surface area contributed by atoms with Crippen molar-refractivity contribution >= 4 is 28.7 Å². The average molecular weight is 383 g/mol. The van der Waals surface area contributed by atoms with Crippen LogP contribution in [0.3, 0.4) is 0 Å². The van der Waals surface area contributed by atoms with Gasteiger partial charge in [-0.3, -0.25) is 9.36 Å². The lowest BCUT2D eigenvalue weighted by Crippen LogP contribution is -2.38. The lowest BCUT2D eigenvalue weighted by molar-refractivity contribution is 0.0515. The predicted molar refractivity (Wildman–Crippen MR) is 98.6 cm³/mol. The number of aromatic nitrogens is 3. The Labute approximate surface area is 156 Å². The van der Waals surface area contributed by atoms with Crippen LogP contribution in [0, 0.1) is 0 Å². The molecule has 0 saturated heterocycles. The van der Waals surface area contributed by atoms with Crippen molar-refractivity contribution in [3.05, 3.63) is 33.3 Å². The molecule has 1 atom stereocenters. The third-order valence-electron chi connectivity index (χ3n) is 3.98. The summed E-state index contributed by atoms with van der Waals surface area (Å²) in [7, 11) is 0. The minimum Gasteiger partial charge on any atom is -0.461 e. The highest BCUT2D eigenvalue weighted by atomic mass is 35.5. The van der Waals surface area contributed by atoms with Gasteiger partial charge in [0, 0.05) is 12.7 Å². The van der Waals surface area contributed by atoms with Gasteiger partial charge in [0.1, 0.15) is 5.52 Å². The number of halogens is 1. The number of hydrogen-bond donors (Lipinski definition) is 1. The molecule has 0 saturated carbocycles. The Bertz CT molecular complexity index is 835. The van der Waals surface area contributed by atoms with Crippen molar-refractivity contribution in [2.75, 3.05) is 26.2 Å². The number of likely N-dealkylation sites (N-methyl/N-ethyl adjacent to an activating group) is 1. The molecule has 2 rings (SSSR count). The molecule has 0 aliphatic carbocycles. The van der Waals surface area contributed by atoms with Crippen molar-refractivity contribution in [2.45, 2.75) is 33.4 Å². The summed E-state index contributed by atoms with van der Waals surface area (Å²) in [6, 6.07) is 1.51. The summed E-state index contributed by atoms with van der Waals surface area (Å²) in [5.74, 6) is -0.814. The van der Waals surface area contributed by atoms with Gasteiger partial charge in [0.05, 0.1) is 24.3 Å².